The maximum absolute atomic E-state index is 6.54. The molecule has 1 aliphatic heterocycles. The van der Waals surface area contributed by atoms with Gasteiger partial charge in [0, 0.05) is 7.11 Å². The zero-order valence-corrected chi connectivity index (χ0v) is 17.0. The lowest BCUT2D eigenvalue weighted by Crippen LogP contribution is -3.00. The van der Waals surface area contributed by atoms with Crippen molar-refractivity contribution in [1.29, 1.82) is 0 Å². The molecule has 0 radical (unpaired) electrons. The van der Waals surface area contributed by atoms with Gasteiger partial charge in [0.2, 0.25) is 0 Å². The lowest BCUT2D eigenvalue weighted by Gasteiger charge is -2.55. The summed E-state index contributed by atoms with van der Waals surface area (Å²) in [7, 11) is 3.97. The number of hydrogen-bond donors (Lipinski definition) is 0. The Bertz CT molecular complexity index is 323. The van der Waals surface area contributed by atoms with Gasteiger partial charge >= 0.3 is 0 Å². The molecule has 1 heterocycles. The van der Waals surface area contributed by atoms with Crippen LogP contribution in [0.3, 0.4) is 0 Å². The fourth-order valence-electron chi connectivity index (χ4n) is 3.77. The van der Waals surface area contributed by atoms with Crippen LogP contribution in [0.1, 0.15) is 27.7 Å². The van der Waals surface area contributed by atoms with Gasteiger partial charge < -0.3 is 31.1 Å². The molecule has 1 aliphatic rings. The molecule has 5 nitrogen and oxygen atoms in total. The summed E-state index contributed by atoms with van der Waals surface area (Å²) in [4.78, 5) is 0. The van der Waals surface area contributed by atoms with E-state index in [0.29, 0.717) is 26.4 Å². The van der Waals surface area contributed by atoms with Crippen LogP contribution >= 0.6 is 11.8 Å². The van der Waals surface area contributed by atoms with Crippen LogP contribution in [0, 0.1) is 0 Å². The highest BCUT2D eigenvalue weighted by atomic mass is 35.5. The van der Waals surface area contributed by atoms with Crippen molar-refractivity contribution in [2.24, 2.45) is 0 Å². The number of halogens is 2. The quantitative estimate of drug-likeness (QED) is 0.299. The van der Waals surface area contributed by atoms with Gasteiger partial charge in [0.1, 0.15) is 6.54 Å². The van der Waals surface area contributed by atoms with E-state index in [0.717, 1.165) is 30.7 Å². The van der Waals surface area contributed by atoms with Gasteiger partial charge in [0.15, 0.2) is 0 Å². The maximum Gasteiger partial charge on any atom is 0.102 e. The molecule has 0 bridgehead atoms. The topological polar surface area (TPSA) is 30.9 Å². The minimum atomic E-state index is -0.0265. The largest absolute Gasteiger partial charge is 1.00 e. The Hall–Kier alpha value is 0.380. The molecule has 1 rings (SSSR count). The molecule has 1 saturated heterocycles. The van der Waals surface area contributed by atoms with Crippen LogP contribution in [0.2, 0.25) is 0 Å². The SMILES string of the molecule is COCCOCCOCC[N+]1(C)CC(C)(C)N(Cl)C(C)(C)C1.[Cl-]. The molecule has 1 fully saturated rings. The number of piperazine rings is 1. The molecule has 0 amide bonds. The van der Waals surface area contributed by atoms with E-state index in [9.17, 15) is 0 Å². The number of nitrogens with zero attached hydrogens (tertiary/aromatic N) is 2. The van der Waals surface area contributed by atoms with Crippen molar-refractivity contribution in [3.63, 3.8) is 0 Å². The van der Waals surface area contributed by atoms with Gasteiger partial charge in [-0.3, -0.25) is 0 Å². The normalized spacial score (nSPS) is 22.6. The molecule has 0 aromatic heterocycles. The van der Waals surface area contributed by atoms with Gasteiger partial charge in [-0.15, -0.1) is 0 Å². The molecule has 0 N–H and O–H groups in total. The number of hydrogen-bond acceptors (Lipinski definition) is 4. The third kappa shape index (κ3) is 7.43. The molecule has 23 heavy (non-hydrogen) atoms. The number of methoxy groups -OCH3 is 1. The fraction of sp³-hybridized carbons (Fsp3) is 1.00. The summed E-state index contributed by atoms with van der Waals surface area (Å²) in [6.45, 7) is 15.1. The molecule has 0 aromatic carbocycles. The molecule has 140 valence electrons. The first-order chi connectivity index (χ1) is 10.1. The number of rotatable bonds is 9. The Balaban J connectivity index is 0.00000484. The van der Waals surface area contributed by atoms with Crippen LogP contribution in [0.25, 0.3) is 0 Å². The molecule has 0 aliphatic carbocycles. The minimum absolute atomic E-state index is 0. The first-order valence-electron chi connectivity index (χ1n) is 8.07. The van der Waals surface area contributed by atoms with E-state index in [1.165, 1.54) is 0 Å². The summed E-state index contributed by atoms with van der Waals surface area (Å²) in [6, 6.07) is 0. The van der Waals surface area contributed by atoms with Crippen molar-refractivity contribution in [2.45, 2.75) is 38.8 Å². The summed E-state index contributed by atoms with van der Waals surface area (Å²) in [5.41, 5.74) is -0.0529. The van der Waals surface area contributed by atoms with Crippen molar-refractivity contribution < 1.29 is 31.1 Å². The number of quaternary nitrogens is 1. The summed E-state index contributed by atoms with van der Waals surface area (Å²) in [6.07, 6.45) is 0. The molecular weight excluding hydrogens is 339 g/mol. The van der Waals surface area contributed by atoms with Gasteiger partial charge in [0.25, 0.3) is 0 Å². The van der Waals surface area contributed by atoms with Gasteiger partial charge in [-0.2, -0.15) is 4.42 Å². The van der Waals surface area contributed by atoms with Crippen LogP contribution in [-0.4, -0.2) is 86.8 Å². The van der Waals surface area contributed by atoms with Gasteiger partial charge in [0.05, 0.1) is 64.2 Å². The molecule has 7 heteroatoms. The second-order valence-electron chi connectivity index (χ2n) is 7.78. The Morgan fingerprint density at radius 2 is 1.35 bits per heavy atom. The monoisotopic (exact) mass is 372 g/mol. The molecule has 0 unspecified atom stereocenters. The zero-order valence-electron chi connectivity index (χ0n) is 15.5. The Kier molecular flexibility index (Phi) is 9.92. The van der Waals surface area contributed by atoms with Crippen molar-refractivity contribution in [2.75, 3.05) is 66.8 Å². The Morgan fingerprint density at radius 1 is 0.913 bits per heavy atom. The van der Waals surface area contributed by atoms with E-state index in [-0.39, 0.29) is 23.5 Å². The van der Waals surface area contributed by atoms with Gasteiger partial charge in [-0.25, -0.2) is 0 Å². The smallest absolute Gasteiger partial charge is 0.102 e. The average molecular weight is 373 g/mol. The van der Waals surface area contributed by atoms with Crippen molar-refractivity contribution in [1.82, 2.24) is 4.42 Å². The second kappa shape index (κ2) is 9.76. The van der Waals surface area contributed by atoms with Crippen LogP contribution in [0.5, 0.6) is 0 Å². The lowest BCUT2D eigenvalue weighted by atomic mass is 9.89. The van der Waals surface area contributed by atoms with Crippen LogP contribution < -0.4 is 12.4 Å². The molecule has 0 spiro atoms. The van der Waals surface area contributed by atoms with Crippen LogP contribution in [0.15, 0.2) is 0 Å². The first kappa shape index (κ1) is 23.4. The van der Waals surface area contributed by atoms with Gasteiger partial charge in [-0.05, 0) is 39.5 Å². The van der Waals surface area contributed by atoms with Crippen LogP contribution in [0.4, 0.5) is 0 Å². The Morgan fingerprint density at radius 3 is 1.83 bits per heavy atom. The summed E-state index contributed by atoms with van der Waals surface area (Å²) in [5.74, 6) is 0. The lowest BCUT2D eigenvalue weighted by molar-refractivity contribution is -0.925. The Labute approximate surface area is 153 Å². The van der Waals surface area contributed by atoms with E-state index in [2.05, 4.69) is 34.7 Å². The van der Waals surface area contributed by atoms with E-state index in [1.807, 2.05) is 4.42 Å². The van der Waals surface area contributed by atoms with Gasteiger partial charge in [-0.1, -0.05) is 0 Å². The van der Waals surface area contributed by atoms with Crippen molar-refractivity contribution in [3.05, 3.63) is 0 Å². The highest BCUT2D eigenvalue weighted by Gasteiger charge is 2.50. The van der Waals surface area contributed by atoms with Crippen molar-refractivity contribution in [3.8, 4) is 0 Å². The fourth-order valence-corrected chi connectivity index (χ4v) is 3.88. The molecule has 0 atom stereocenters. The third-order valence-electron chi connectivity index (χ3n) is 4.18. The average Bonchev–Trinajstić information content (AvgIpc) is 2.38. The summed E-state index contributed by atoms with van der Waals surface area (Å²) < 4.78 is 19.0. The van der Waals surface area contributed by atoms with E-state index < -0.39 is 0 Å². The maximum atomic E-state index is 6.54. The summed E-state index contributed by atoms with van der Waals surface area (Å²) >= 11 is 6.54. The van der Waals surface area contributed by atoms with Crippen LogP contribution in [-0.2, 0) is 14.2 Å². The summed E-state index contributed by atoms with van der Waals surface area (Å²) in [5, 5.41) is 0. The minimum Gasteiger partial charge on any atom is -1.00 e. The van der Waals surface area contributed by atoms with Crippen molar-refractivity contribution >= 4 is 11.8 Å². The van der Waals surface area contributed by atoms with E-state index in [1.54, 1.807) is 7.11 Å². The van der Waals surface area contributed by atoms with E-state index >= 15 is 0 Å². The number of likely N-dealkylation sites (N-methyl/N-ethyl adjacent to an activating group) is 1. The standard InChI is InChI=1S/C16H34ClN2O3.ClH/c1-15(2)13-19(5,14-16(3,4)18(15)17)7-8-21-11-12-22-10-9-20-6;/h7-14H2,1-6H3;1H/q+1;/p-1. The molecular formula is C16H34Cl2N2O3. The zero-order chi connectivity index (χ0) is 16.9. The number of ether oxygens (including phenoxy) is 3. The first-order valence-corrected chi connectivity index (χ1v) is 8.41. The second-order valence-corrected chi connectivity index (χ2v) is 8.12. The molecule has 0 aromatic rings. The predicted molar refractivity (Wildman–Crippen MR) is 90.1 cm³/mol. The highest BCUT2D eigenvalue weighted by Crippen LogP contribution is 2.36. The molecule has 0 saturated carbocycles. The highest BCUT2D eigenvalue weighted by molar-refractivity contribution is 6.14. The predicted octanol–water partition coefficient (Wildman–Crippen LogP) is -0.857. The third-order valence-corrected chi connectivity index (χ3v) is 5.09. The van der Waals surface area contributed by atoms with E-state index in [4.69, 9.17) is 26.0 Å².